The number of aliphatic carboxylic acids is 2. The fraction of sp³-hybridized carbons (Fsp3) is 0.222. The fourth-order valence-electron chi connectivity index (χ4n) is 1.77. The Morgan fingerprint density at radius 1 is 0.682 bits per heavy atom. The minimum atomic E-state index is -0.781. The molecule has 2 N–H and O–H groups in total. The topological polar surface area (TPSA) is 74.6 Å². The van der Waals surface area contributed by atoms with Crippen molar-refractivity contribution in [3.8, 4) is 0 Å². The SMILES string of the molecule is CC(C(=O)O)c1ccccc1.C[C@@H](C(=O)O)c1ccccc1. The van der Waals surface area contributed by atoms with Gasteiger partial charge >= 0.3 is 11.9 Å². The van der Waals surface area contributed by atoms with Gasteiger partial charge in [-0.1, -0.05) is 60.7 Å². The lowest BCUT2D eigenvalue weighted by Crippen LogP contribution is -2.06. The average Bonchev–Trinajstić information content (AvgIpc) is 2.55. The van der Waals surface area contributed by atoms with Crippen LogP contribution in [0.3, 0.4) is 0 Å². The maximum Gasteiger partial charge on any atom is 0.310 e. The second-order valence-electron chi connectivity index (χ2n) is 4.94. The van der Waals surface area contributed by atoms with Gasteiger partial charge in [-0.3, -0.25) is 9.59 Å². The van der Waals surface area contributed by atoms with Crippen molar-refractivity contribution >= 4 is 11.9 Å². The first-order valence-electron chi connectivity index (χ1n) is 6.99. The molecule has 116 valence electrons. The zero-order valence-corrected chi connectivity index (χ0v) is 12.6. The van der Waals surface area contributed by atoms with Crippen LogP contribution in [0.5, 0.6) is 0 Å². The predicted molar refractivity (Wildman–Crippen MR) is 85.0 cm³/mol. The van der Waals surface area contributed by atoms with Crippen molar-refractivity contribution < 1.29 is 19.8 Å². The van der Waals surface area contributed by atoms with Crippen molar-refractivity contribution in [1.82, 2.24) is 0 Å². The minimum absolute atomic E-state index is 0.406. The second kappa shape index (κ2) is 8.62. The molecule has 1 unspecified atom stereocenters. The van der Waals surface area contributed by atoms with Gasteiger partial charge in [-0.15, -0.1) is 0 Å². The van der Waals surface area contributed by atoms with E-state index in [1.54, 1.807) is 13.8 Å². The third kappa shape index (κ3) is 5.40. The van der Waals surface area contributed by atoms with Crippen LogP contribution in [0.4, 0.5) is 0 Å². The second-order valence-corrected chi connectivity index (χ2v) is 4.94. The molecule has 2 atom stereocenters. The molecule has 0 bridgehead atoms. The molecule has 0 heterocycles. The normalized spacial score (nSPS) is 12.5. The van der Waals surface area contributed by atoms with Gasteiger partial charge in [-0.25, -0.2) is 0 Å². The number of hydrogen-bond acceptors (Lipinski definition) is 2. The summed E-state index contributed by atoms with van der Waals surface area (Å²) in [4.78, 5) is 21.0. The van der Waals surface area contributed by atoms with E-state index >= 15 is 0 Å². The molecule has 2 rings (SSSR count). The highest BCUT2D eigenvalue weighted by molar-refractivity contribution is 5.75. The van der Waals surface area contributed by atoms with E-state index in [9.17, 15) is 9.59 Å². The molecule has 4 nitrogen and oxygen atoms in total. The van der Waals surface area contributed by atoms with E-state index in [0.717, 1.165) is 11.1 Å². The smallest absolute Gasteiger partial charge is 0.310 e. The summed E-state index contributed by atoms with van der Waals surface area (Å²) >= 11 is 0. The summed E-state index contributed by atoms with van der Waals surface area (Å²) in [6.45, 7) is 3.36. The van der Waals surface area contributed by atoms with Crippen LogP contribution in [0.2, 0.25) is 0 Å². The van der Waals surface area contributed by atoms with Gasteiger partial charge in [-0.05, 0) is 25.0 Å². The zero-order chi connectivity index (χ0) is 16.5. The van der Waals surface area contributed by atoms with Gasteiger partial charge in [0.05, 0.1) is 11.8 Å². The molecule has 0 amide bonds. The van der Waals surface area contributed by atoms with E-state index < -0.39 is 23.8 Å². The molecule has 4 heteroatoms. The van der Waals surface area contributed by atoms with Crippen LogP contribution in [0.15, 0.2) is 60.7 Å². The third-order valence-electron chi connectivity index (χ3n) is 3.34. The summed E-state index contributed by atoms with van der Waals surface area (Å²) in [5.74, 6) is -2.38. The van der Waals surface area contributed by atoms with E-state index in [0.29, 0.717) is 0 Å². The van der Waals surface area contributed by atoms with E-state index in [4.69, 9.17) is 10.2 Å². The minimum Gasteiger partial charge on any atom is -0.481 e. The molecule has 2 aromatic rings. The zero-order valence-electron chi connectivity index (χ0n) is 12.6. The van der Waals surface area contributed by atoms with Crippen LogP contribution in [0, 0.1) is 0 Å². The molecule has 0 radical (unpaired) electrons. The van der Waals surface area contributed by atoms with E-state index in [1.807, 2.05) is 60.7 Å². The highest BCUT2D eigenvalue weighted by atomic mass is 16.4. The first kappa shape index (κ1) is 17.4. The molecule has 22 heavy (non-hydrogen) atoms. The van der Waals surface area contributed by atoms with Crippen molar-refractivity contribution in [2.75, 3.05) is 0 Å². The molecule has 0 saturated carbocycles. The Balaban J connectivity index is 0.000000220. The summed E-state index contributed by atoms with van der Waals surface area (Å²) in [6.07, 6.45) is 0. The Labute approximate surface area is 130 Å². The highest BCUT2D eigenvalue weighted by Crippen LogP contribution is 2.14. The number of carbonyl (C=O) groups is 2. The highest BCUT2D eigenvalue weighted by Gasteiger charge is 2.12. The lowest BCUT2D eigenvalue weighted by Gasteiger charge is -2.04. The Hall–Kier alpha value is -2.62. The van der Waals surface area contributed by atoms with Gasteiger partial charge in [-0.2, -0.15) is 0 Å². The molecule has 0 aliphatic carbocycles. The van der Waals surface area contributed by atoms with Crippen molar-refractivity contribution in [1.29, 1.82) is 0 Å². The van der Waals surface area contributed by atoms with Crippen LogP contribution >= 0.6 is 0 Å². The van der Waals surface area contributed by atoms with E-state index in [-0.39, 0.29) is 0 Å². The molecule has 0 aliphatic rings. The van der Waals surface area contributed by atoms with Crippen LogP contribution in [-0.2, 0) is 9.59 Å². The standard InChI is InChI=1S/2C9H10O2/c2*1-7(9(10)11)8-5-3-2-4-6-8/h2*2-7H,1H3,(H,10,11)/t7-;/m1./s1. The van der Waals surface area contributed by atoms with Crippen LogP contribution < -0.4 is 0 Å². The van der Waals surface area contributed by atoms with Gasteiger partial charge in [0.1, 0.15) is 0 Å². The number of benzene rings is 2. The molecule has 2 aromatic carbocycles. The molecule has 0 spiro atoms. The van der Waals surface area contributed by atoms with Crippen molar-refractivity contribution in [2.24, 2.45) is 0 Å². The first-order chi connectivity index (χ1) is 10.4. The largest absolute Gasteiger partial charge is 0.481 e. The van der Waals surface area contributed by atoms with Crippen LogP contribution in [-0.4, -0.2) is 22.2 Å². The summed E-state index contributed by atoms with van der Waals surface area (Å²) < 4.78 is 0. The third-order valence-corrected chi connectivity index (χ3v) is 3.34. The van der Waals surface area contributed by atoms with Gasteiger partial charge in [0.25, 0.3) is 0 Å². The van der Waals surface area contributed by atoms with Crippen molar-refractivity contribution in [3.05, 3.63) is 71.8 Å². The lowest BCUT2D eigenvalue weighted by atomic mass is 10.0. The summed E-state index contributed by atoms with van der Waals surface area (Å²) in [7, 11) is 0. The van der Waals surface area contributed by atoms with Gasteiger partial charge in [0, 0.05) is 0 Å². The molecule has 0 fully saturated rings. The maximum atomic E-state index is 10.5. The fourth-order valence-corrected chi connectivity index (χ4v) is 1.77. The Kier molecular flexibility index (Phi) is 6.83. The van der Waals surface area contributed by atoms with E-state index in [1.165, 1.54) is 0 Å². The first-order valence-corrected chi connectivity index (χ1v) is 6.99. The van der Waals surface area contributed by atoms with Crippen LogP contribution in [0.25, 0.3) is 0 Å². The number of carboxylic acids is 2. The number of rotatable bonds is 4. The molecular formula is C18H20O4. The number of hydrogen-bond donors (Lipinski definition) is 2. The monoisotopic (exact) mass is 300 g/mol. The predicted octanol–water partition coefficient (Wildman–Crippen LogP) is 3.75. The molecule has 0 aliphatic heterocycles. The summed E-state index contributed by atoms with van der Waals surface area (Å²) in [5.41, 5.74) is 1.69. The lowest BCUT2D eigenvalue weighted by molar-refractivity contribution is -0.139. The van der Waals surface area contributed by atoms with Gasteiger partial charge < -0.3 is 10.2 Å². The van der Waals surface area contributed by atoms with Crippen molar-refractivity contribution in [3.63, 3.8) is 0 Å². The molecule has 0 saturated heterocycles. The summed E-state index contributed by atoms with van der Waals surface area (Å²) in [5, 5.41) is 17.3. The van der Waals surface area contributed by atoms with Crippen molar-refractivity contribution in [2.45, 2.75) is 25.7 Å². The van der Waals surface area contributed by atoms with Crippen LogP contribution in [0.1, 0.15) is 36.8 Å². The summed E-state index contributed by atoms with van der Waals surface area (Å²) in [6, 6.07) is 18.4. The Morgan fingerprint density at radius 3 is 1.18 bits per heavy atom. The quantitative estimate of drug-likeness (QED) is 0.901. The molecular weight excluding hydrogens is 280 g/mol. The Morgan fingerprint density at radius 2 is 0.955 bits per heavy atom. The van der Waals surface area contributed by atoms with Gasteiger partial charge in [0.15, 0.2) is 0 Å². The van der Waals surface area contributed by atoms with E-state index in [2.05, 4.69) is 0 Å². The average molecular weight is 300 g/mol. The Bertz CT molecular complexity index is 537. The maximum absolute atomic E-state index is 10.5. The van der Waals surface area contributed by atoms with Gasteiger partial charge in [0.2, 0.25) is 0 Å². The number of carboxylic acid groups (broad SMARTS) is 2. The molecule has 0 aromatic heterocycles.